The van der Waals surface area contributed by atoms with Crippen LogP contribution in [0.1, 0.15) is 74.0 Å². The van der Waals surface area contributed by atoms with Crippen molar-refractivity contribution < 1.29 is 24.2 Å². The minimum atomic E-state index is -1.09. The van der Waals surface area contributed by atoms with E-state index in [0.717, 1.165) is 36.8 Å². The highest BCUT2D eigenvalue weighted by atomic mass is 35.5. The van der Waals surface area contributed by atoms with Crippen molar-refractivity contribution in [2.45, 2.75) is 52.6 Å². The number of methoxy groups -OCH3 is 1. The minimum Gasteiger partial charge on any atom is -0.496 e. The highest BCUT2D eigenvalue weighted by Crippen LogP contribution is 2.40. The van der Waals surface area contributed by atoms with Crippen LogP contribution in [0.15, 0.2) is 41.3 Å². The number of aliphatic carboxylic acids is 1. The van der Waals surface area contributed by atoms with Crippen LogP contribution in [-0.2, 0) is 9.53 Å². The van der Waals surface area contributed by atoms with Crippen LogP contribution in [0.3, 0.4) is 0 Å². The van der Waals surface area contributed by atoms with Gasteiger partial charge in [0.25, 0.3) is 5.91 Å². The summed E-state index contributed by atoms with van der Waals surface area (Å²) in [6.07, 6.45) is 5.22. The van der Waals surface area contributed by atoms with Gasteiger partial charge in [0.05, 0.1) is 29.0 Å². The number of amides is 1. The largest absolute Gasteiger partial charge is 0.496 e. The van der Waals surface area contributed by atoms with Crippen LogP contribution >= 0.6 is 34.5 Å². The smallest absolute Gasteiger partial charge is 0.331 e. The summed E-state index contributed by atoms with van der Waals surface area (Å²) in [6, 6.07) is 8.81. The molecule has 0 spiro atoms. The van der Waals surface area contributed by atoms with E-state index in [4.69, 9.17) is 37.8 Å². The standard InChI is InChI=1S/C29H32Cl2N2O5S/c1-5-7-11-25(38-12-6-2)20-10-8-9-19(26(20)37-4)24-16-39-29(32-24)33-27(34)18-14-22(30)21(23(31)15-18)13-17(3)28(35)36/h8-10,13-16,25H,5-7,11-12H2,1-4H3,(H,35,36)(H,32,33,34)/b17-13+. The van der Waals surface area contributed by atoms with Crippen molar-refractivity contribution >= 4 is 57.6 Å². The maximum Gasteiger partial charge on any atom is 0.331 e. The van der Waals surface area contributed by atoms with Crippen LogP contribution in [0.4, 0.5) is 5.13 Å². The van der Waals surface area contributed by atoms with Crippen molar-refractivity contribution in [1.82, 2.24) is 4.98 Å². The summed E-state index contributed by atoms with van der Waals surface area (Å²) in [5, 5.41) is 14.5. The number of carboxylic acids is 1. The normalized spacial score (nSPS) is 12.3. The number of carbonyl (C=O) groups is 2. The number of thiazole rings is 1. The van der Waals surface area contributed by atoms with Crippen molar-refractivity contribution in [3.05, 3.63) is 68.0 Å². The molecule has 3 rings (SSSR count). The Balaban J connectivity index is 1.86. The van der Waals surface area contributed by atoms with Crippen LogP contribution in [-0.4, -0.2) is 35.7 Å². The van der Waals surface area contributed by atoms with Gasteiger partial charge in [-0.3, -0.25) is 10.1 Å². The number of hydrogen-bond acceptors (Lipinski definition) is 6. The van der Waals surface area contributed by atoms with E-state index >= 15 is 0 Å². The molecular formula is C29H32Cl2N2O5S. The second-order valence-electron chi connectivity index (χ2n) is 8.91. The van der Waals surface area contributed by atoms with Crippen molar-refractivity contribution in [1.29, 1.82) is 0 Å². The van der Waals surface area contributed by atoms with Crippen molar-refractivity contribution in [3.63, 3.8) is 0 Å². The fraction of sp³-hybridized carbons (Fsp3) is 0.345. The van der Waals surface area contributed by atoms with Crippen molar-refractivity contribution in [2.24, 2.45) is 0 Å². The molecule has 3 aromatic rings. The van der Waals surface area contributed by atoms with Crippen LogP contribution in [0, 0.1) is 0 Å². The Hall–Kier alpha value is -2.91. The zero-order valence-corrected chi connectivity index (χ0v) is 24.7. The van der Waals surface area contributed by atoms with Gasteiger partial charge in [-0.1, -0.05) is 62.0 Å². The molecule has 1 amide bonds. The number of para-hydroxylation sites is 1. The lowest BCUT2D eigenvalue weighted by Crippen LogP contribution is -2.12. The quantitative estimate of drug-likeness (QED) is 0.193. The van der Waals surface area contributed by atoms with Crippen LogP contribution in [0.25, 0.3) is 17.3 Å². The Morgan fingerprint density at radius 1 is 1.18 bits per heavy atom. The van der Waals surface area contributed by atoms with E-state index in [1.807, 2.05) is 23.6 Å². The molecule has 208 valence electrons. The molecule has 39 heavy (non-hydrogen) atoms. The van der Waals surface area contributed by atoms with E-state index in [1.165, 1.54) is 36.5 Å². The first kappa shape index (κ1) is 30.6. The molecule has 0 radical (unpaired) electrons. The van der Waals surface area contributed by atoms with E-state index < -0.39 is 11.9 Å². The lowest BCUT2D eigenvalue weighted by Gasteiger charge is -2.22. The second kappa shape index (κ2) is 14.5. The minimum absolute atomic E-state index is 0.0689. The molecule has 10 heteroatoms. The van der Waals surface area contributed by atoms with Gasteiger partial charge in [-0.05, 0) is 44.0 Å². The van der Waals surface area contributed by atoms with Gasteiger partial charge in [0.1, 0.15) is 5.75 Å². The average Bonchev–Trinajstić information content (AvgIpc) is 3.38. The van der Waals surface area contributed by atoms with E-state index in [9.17, 15) is 9.59 Å². The number of carboxylic acid groups (broad SMARTS) is 1. The monoisotopic (exact) mass is 590 g/mol. The predicted molar refractivity (Wildman–Crippen MR) is 158 cm³/mol. The molecule has 0 bridgehead atoms. The number of ether oxygens (including phenoxy) is 2. The van der Waals surface area contributed by atoms with Gasteiger partial charge < -0.3 is 14.6 Å². The molecule has 0 aliphatic rings. The molecule has 0 saturated carbocycles. The van der Waals surface area contributed by atoms with Crippen LogP contribution < -0.4 is 10.1 Å². The molecule has 2 aromatic carbocycles. The first-order valence-electron chi connectivity index (χ1n) is 12.7. The van der Waals surface area contributed by atoms with E-state index in [0.29, 0.717) is 28.7 Å². The zero-order valence-electron chi connectivity index (χ0n) is 22.3. The molecule has 1 atom stereocenters. The summed E-state index contributed by atoms with van der Waals surface area (Å²) in [5.74, 6) is -0.828. The molecule has 7 nitrogen and oxygen atoms in total. The third-order valence-electron chi connectivity index (χ3n) is 5.98. The predicted octanol–water partition coefficient (Wildman–Crippen LogP) is 8.52. The maximum absolute atomic E-state index is 13.0. The highest BCUT2D eigenvalue weighted by molar-refractivity contribution is 7.14. The Labute approximate surface area is 242 Å². The summed E-state index contributed by atoms with van der Waals surface area (Å²) >= 11 is 13.9. The molecule has 0 aliphatic heterocycles. The second-order valence-corrected chi connectivity index (χ2v) is 10.6. The molecule has 1 heterocycles. The maximum atomic E-state index is 13.0. The van der Waals surface area contributed by atoms with Gasteiger partial charge in [-0.15, -0.1) is 11.3 Å². The fourth-order valence-electron chi connectivity index (χ4n) is 3.97. The number of rotatable bonds is 13. The average molecular weight is 592 g/mol. The number of unbranched alkanes of at least 4 members (excludes halogenated alkanes) is 1. The molecule has 1 aromatic heterocycles. The fourth-order valence-corrected chi connectivity index (χ4v) is 5.27. The first-order chi connectivity index (χ1) is 18.7. The lowest BCUT2D eigenvalue weighted by molar-refractivity contribution is -0.132. The number of nitrogens with one attached hydrogen (secondary N) is 1. The Kier molecular flexibility index (Phi) is 11.4. The zero-order chi connectivity index (χ0) is 28.5. The van der Waals surface area contributed by atoms with E-state index in [-0.39, 0.29) is 27.3 Å². The summed E-state index contributed by atoms with van der Waals surface area (Å²) in [6.45, 7) is 6.34. The van der Waals surface area contributed by atoms with Gasteiger partial charge in [0.15, 0.2) is 5.13 Å². The van der Waals surface area contributed by atoms with Gasteiger partial charge in [-0.2, -0.15) is 0 Å². The SMILES string of the molecule is CCCCC(OCCC)c1cccc(-c2csc(NC(=O)c3cc(Cl)c(/C=C(\C)C(=O)O)c(Cl)c3)n2)c1OC. The molecule has 1 unspecified atom stereocenters. The summed E-state index contributed by atoms with van der Waals surface area (Å²) in [5.41, 5.74) is 3.08. The molecule has 0 saturated heterocycles. The molecular weight excluding hydrogens is 559 g/mol. The van der Waals surface area contributed by atoms with E-state index in [2.05, 4.69) is 24.1 Å². The first-order valence-corrected chi connectivity index (χ1v) is 14.3. The lowest BCUT2D eigenvalue weighted by atomic mass is 9.98. The third kappa shape index (κ3) is 7.82. The number of carbonyl (C=O) groups excluding carboxylic acids is 1. The number of aromatic nitrogens is 1. The summed E-state index contributed by atoms with van der Waals surface area (Å²) < 4.78 is 12.0. The highest BCUT2D eigenvalue weighted by Gasteiger charge is 2.21. The third-order valence-corrected chi connectivity index (χ3v) is 7.36. The van der Waals surface area contributed by atoms with Crippen LogP contribution in [0.2, 0.25) is 10.0 Å². The number of benzene rings is 2. The molecule has 0 fully saturated rings. The van der Waals surface area contributed by atoms with Gasteiger partial charge >= 0.3 is 5.97 Å². The Morgan fingerprint density at radius 3 is 2.51 bits per heavy atom. The van der Waals surface area contributed by atoms with Crippen LogP contribution in [0.5, 0.6) is 5.75 Å². The van der Waals surface area contributed by atoms with E-state index in [1.54, 1.807) is 7.11 Å². The van der Waals surface area contributed by atoms with Crippen molar-refractivity contribution in [2.75, 3.05) is 19.0 Å². The van der Waals surface area contributed by atoms with Gasteiger partial charge in [0.2, 0.25) is 0 Å². The number of nitrogens with zero attached hydrogens (tertiary/aromatic N) is 1. The summed E-state index contributed by atoms with van der Waals surface area (Å²) in [7, 11) is 1.64. The van der Waals surface area contributed by atoms with Crippen molar-refractivity contribution in [3.8, 4) is 17.0 Å². The number of hydrogen-bond donors (Lipinski definition) is 2. The molecule has 2 N–H and O–H groups in total. The Bertz CT molecular complexity index is 1320. The topological polar surface area (TPSA) is 97.8 Å². The number of anilines is 1. The Morgan fingerprint density at radius 2 is 1.90 bits per heavy atom. The number of halogens is 2. The molecule has 0 aliphatic carbocycles. The summed E-state index contributed by atoms with van der Waals surface area (Å²) in [4.78, 5) is 28.7. The van der Waals surface area contributed by atoms with Gasteiger partial charge in [0, 0.05) is 39.8 Å². The van der Waals surface area contributed by atoms with Gasteiger partial charge in [-0.25, -0.2) is 9.78 Å².